The second-order valence-electron chi connectivity index (χ2n) is 5.03. The molecule has 0 heterocycles. The van der Waals surface area contributed by atoms with Crippen molar-refractivity contribution < 1.29 is 19.5 Å². The van der Waals surface area contributed by atoms with E-state index >= 15 is 0 Å². The van der Waals surface area contributed by atoms with Crippen LogP contribution in [0.2, 0.25) is 0 Å². The fraction of sp³-hybridized carbons (Fsp3) is 0.750. The van der Waals surface area contributed by atoms with Gasteiger partial charge in [-0.05, 0) is 19.3 Å². The Morgan fingerprint density at radius 1 is 1.11 bits per heavy atom. The molecule has 1 saturated carbocycles. The van der Waals surface area contributed by atoms with Gasteiger partial charge < -0.3 is 14.9 Å². The summed E-state index contributed by atoms with van der Waals surface area (Å²) in [4.78, 5) is 37.2. The highest BCUT2D eigenvalue weighted by atomic mass is 16.4. The molecule has 0 aromatic rings. The van der Waals surface area contributed by atoms with Crippen molar-refractivity contribution in [3.63, 3.8) is 0 Å². The Labute approximate surface area is 107 Å². The topological polar surface area (TPSA) is 77.9 Å². The van der Waals surface area contributed by atoms with Gasteiger partial charge >= 0.3 is 5.97 Å². The average Bonchev–Trinajstić information content (AvgIpc) is 2.76. The number of nitrogens with zero attached hydrogens (tertiary/aromatic N) is 2. The molecule has 0 aromatic heterocycles. The molecule has 0 saturated heterocycles. The second-order valence-corrected chi connectivity index (χ2v) is 5.03. The molecule has 1 aliphatic carbocycles. The number of hydrogen-bond donors (Lipinski definition) is 1. The first-order valence-corrected chi connectivity index (χ1v) is 6.00. The van der Waals surface area contributed by atoms with Gasteiger partial charge in [-0.2, -0.15) is 0 Å². The number of amides is 2. The van der Waals surface area contributed by atoms with Crippen LogP contribution in [0, 0.1) is 11.8 Å². The van der Waals surface area contributed by atoms with Gasteiger partial charge in [0.15, 0.2) is 0 Å². The number of carbonyl (C=O) groups is 3. The lowest BCUT2D eigenvalue weighted by molar-refractivity contribution is -0.142. The van der Waals surface area contributed by atoms with Crippen molar-refractivity contribution in [3.05, 3.63) is 0 Å². The Morgan fingerprint density at radius 2 is 1.67 bits per heavy atom. The van der Waals surface area contributed by atoms with Crippen molar-refractivity contribution in [1.29, 1.82) is 0 Å². The van der Waals surface area contributed by atoms with Crippen molar-refractivity contribution in [2.45, 2.75) is 19.3 Å². The molecule has 1 N–H and O–H groups in total. The van der Waals surface area contributed by atoms with E-state index in [0.29, 0.717) is 19.3 Å². The summed E-state index contributed by atoms with van der Waals surface area (Å²) in [5.41, 5.74) is 0. The zero-order valence-electron chi connectivity index (χ0n) is 11.0. The summed E-state index contributed by atoms with van der Waals surface area (Å²) in [5.74, 6) is -1.78. The first-order chi connectivity index (χ1) is 8.32. The van der Waals surface area contributed by atoms with Crippen LogP contribution in [0.5, 0.6) is 0 Å². The molecular formula is C12H20N2O4. The highest BCUT2D eigenvalue weighted by Gasteiger charge is 2.35. The third-order valence-electron chi connectivity index (χ3n) is 3.38. The normalized spacial score (nSPS) is 22.6. The summed E-state index contributed by atoms with van der Waals surface area (Å²) in [6, 6.07) is 0. The van der Waals surface area contributed by atoms with E-state index in [4.69, 9.17) is 5.11 Å². The predicted molar refractivity (Wildman–Crippen MR) is 64.8 cm³/mol. The summed E-state index contributed by atoms with van der Waals surface area (Å²) in [6.45, 7) is 0.0417. The summed E-state index contributed by atoms with van der Waals surface area (Å²) < 4.78 is 0. The van der Waals surface area contributed by atoms with Crippen LogP contribution >= 0.6 is 0 Å². The van der Waals surface area contributed by atoms with E-state index in [1.54, 1.807) is 21.1 Å². The van der Waals surface area contributed by atoms with Crippen LogP contribution in [-0.2, 0) is 14.4 Å². The molecule has 6 nitrogen and oxygen atoms in total. The number of carboxylic acids is 1. The van der Waals surface area contributed by atoms with Crippen molar-refractivity contribution in [2.24, 2.45) is 11.8 Å². The van der Waals surface area contributed by atoms with Crippen molar-refractivity contribution in [3.8, 4) is 0 Å². The van der Waals surface area contributed by atoms with Crippen LogP contribution in [0.1, 0.15) is 19.3 Å². The summed E-state index contributed by atoms with van der Waals surface area (Å²) in [7, 11) is 4.85. The monoisotopic (exact) mass is 256 g/mol. The SMILES string of the molecule is CN(C)C(=O)CN(C)C(=O)C1CCC(C(=O)O)C1. The molecule has 2 unspecified atom stereocenters. The third-order valence-corrected chi connectivity index (χ3v) is 3.38. The standard InChI is InChI=1S/C12H20N2O4/c1-13(2)10(15)7-14(3)11(16)8-4-5-9(6-8)12(17)18/h8-9H,4-7H2,1-3H3,(H,17,18). The van der Waals surface area contributed by atoms with Gasteiger partial charge in [-0.25, -0.2) is 0 Å². The van der Waals surface area contributed by atoms with Gasteiger partial charge in [0.25, 0.3) is 0 Å². The molecule has 102 valence electrons. The van der Waals surface area contributed by atoms with Crippen LogP contribution in [0.25, 0.3) is 0 Å². The highest BCUT2D eigenvalue weighted by molar-refractivity contribution is 5.86. The summed E-state index contributed by atoms with van der Waals surface area (Å²) >= 11 is 0. The van der Waals surface area contributed by atoms with E-state index in [0.717, 1.165) is 0 Å². The average molecular weight is 256 g/mol. The fourth-order valence-electron chi connectivity index (χ4n) is 2.16. The van der Waals surface area contributed by atoms with Crippen LogP contribution < -0.4 is 0 Å². The zero-order valence-corrected chi connectivity index (χ0v) is 11.0. The number of carboxylic acid groups (broad SMARTS) is 1. The number of rotatable bonds is 4. The molecular weight excluding hydrogens is 236 g/mol. The molecule has 2 amide bonds. The summed E-state index contributed by atoms with van der Waals surface area (Å²) in [6.07, 6.45) is 1.52. The Balaban J connectivity index is 2.50. The van der Waals surface area contributed by atoms with Gasteiger partial charge in [0.2, 0.25) is 11.8 Å². The molecule has 0 aromatic carbocycles. The maximum atomic E-state index is 12.0. The fourth-order valence-corrected chi connectivity index (χ4v) is 2.16. The largest absolute Gasteiger partial charge is 0.481 e. The van der Waals surface area contributed by atoms with E-state index in [-0.39, 0.29) is 24.3 Å². The minimum atomic E-state index is -0.836. The molecule has 6 heteroatoms. The second kappa shape index (κ2) is 5.84. The molecule has 0 aliphatic heterocycles. The lowest BCUT2D eigenvalue weighted by Gasteiger charge is -2.22. The lowest BCUT2D eigenvalue weighted by Crippen LogP contribution is -2.40. The molecule has 0 radical (unpaired) electrons. The quantitative estimate of drug-likeness (QED) is 0.770. The van der Waals surface area contributed by atoms with Crippen molar-refractivity contribution >= 4 is 17.8 Å². The number of carbonyl (C=O) groups excluding carboxylic acids is 2. The molecule has 18 heavy (non-hydrogen) atoms. The van der Waals surface area contributed by atoms with Crippen LogP contribution in [0.4, 0.5) is 0 Å². The molecule has 1 fully saturated rings. The minimum absolute atomic E-state index is 0.0417. The Bertz CT molecular complexity index is 354. The predicted octanol–water partition coefficient (Wildman–Crippen LogP) is 0.0339. The van der Waals surface area contributed by atoms with Gasteiger partial charge in [0, 0.05) is 27.1 Å². The molecule has 0 bridgehead atoms. The van der Waals surface area contributed by atoms with Crippen LogP contribution in [0.15, 0.2) is 0 Å². The van der Waals surface area contributed by atoms with Crippen LogP contribution in [-0.4, -0.2) is 60.4 Å². The third kappa shape index (κ3) is 3.45. The maximum absolute atomic E-state index is 12.0. The van der Waals surface area contributed by atoms with E-state index in [1.165, 1.54) is 9.80 Å². The Hall–Kier alpha value is -1.59. The first-order valence-electron chi connectivity index (χ1n) is 6.00. The van der Waals surface area contributed by atoms with E-state index in [2.05, 4.69) is 0 Å². The van der Waals surface area contributed by atoms with Crippen LogP contribution in [0.3, 0.4) is 0 Å². The Kier molecular flexibility index (Phi) is 4.69. The smallest absolute Gasteiger partial charge is 0.306 e. The minimum Gasteiger partial charge on any atom is -0.481 e. The molecule has 0 spiro atoms. The molecule has 1 rings (SSSR count). The summed E-state index contributed by atoms with van der Waals surface area (Å²) in [5, 5.41) is 8.88. The van der Waals surface area contributed by atoms with E-state index in [1.807, 2.05) is 0 Å². The van der Waals surface area contributed by atoms with Crippen molar-refractivity contribution in [2.75, 3.05) is 27.7 Å². The number of aliphatic carboxylic acids is 1. The Morgan fingerprint density at radius 3 is 2.11 bits per heavy atom. The number of hydrogen-bond acceptors (Lipinski definition) is 3. The lowest BCUT2D eigenvalue weighted by atomic mass is 10.0. The maximum Gasteiger partial charge on any atom is 0.306 e. The van der Waals surface area contributed by atoms with Gasteiger partial charge in [-0.15, -0.1) is 0 Å². The van der Waals surface area contributed by atoms with Gasteiger partial charge in [0.1, 0.15) is 0 Å². The van der Waals surface area contributed by atoms with Gasteiger partial charge in [0.05, 0.1) is 12.5 Å². The van der Waals surface area contributed by atoms with Gasteiger partial charge in [-0.1, -0.05) is 0 Å². The van der Waals surface area contributed by atoms with Crippen molar-refractivity contribution in [1.82, 2.24) is 9.80 Å². The zero-order chi connectivity index (χ0) is 13.9. The highest BCUT2D eigenvalue weighted by Crippen LogP contribution is 2.32. The van der Waals surface area contributed by atoms with E-state index in [9.17, 15) is 14.4 Å². The molecule has 2 atom stereocenters. The van der Waals surface area contributed by atoms with E-state index < -0.39 is 11.9 Å². The van der Waals surface area contributed by atoms with Gasteiger partial charge in [-0.3, -0.25) is 14.4 Å². The molecule has 1 aliphatic rings. The number of likely N-dealkylation sites (N-methyl/N-ethyl adjacent to an activating group) is 2. The first kappa shape index (κ1) is 14.5.